The molecule has 19 heavy (non-hydrogen) atoms. The summed E-state index contributed by atoms with van der Waals surface area (Å²) in [4.78, 5) is 2.42. The molecule has 0 aromatic heterocycles. The molecule has 0 aliphatic rings. The van der Waals surface area contributed by atoms with E-state index in [-0.39, 0.29) is 6.61 Å². The number of hydrogen-bond acceptors (Lipinski definition) is 3. The van der Waals surface area contributed by atoms with Crippen molar-refractivity contribution < 1.29 is 5.11 Å². The fourth-order valence-corrected chi connectivity index (χ4v) is 2.38. The number of nitrogens with zero attached hydrogens (tertiary/aromatic N) is 1. The van der Waals surface area contributed by atoms with Crippen LogP contribution in [-0.4, -0.2) is 35.7 Å². The van der Waals surface area contributed by atoms with E-state index in [1.165, 1.54) is 0 Å². The van der Waals surface area contributed by atoms with Gasteiger partial charge in [-0.2, -0.15) is 0 Å². The lowest BCUT2D eigenvalue weighted by Gasteiger charge is -2.33. The van der Waals surface area contributed by atoms with Crippen molar-refractivity contribution in [2.24, 2.45) is 5.73 Å². The second kappa shape index (κ2) is 7.63. The lowest BCUT2D eigenvalue weighted by molar-refractivity contribution is 0.147. The molecule has 0 spiro atoms. The maximum Gasteiger partial charge on any atom is 0.0656 e. The van der Waals surface area contributed by atoms with E-state index < -0.39 is 5.54 Å². The van der Waals surface area contributed by atoms with Crippen molar-refractivity contribution in [3.63, 3.8) is 0 Å². The van der Waals surface area contributed by atoms with Gasteiger partial charge in [-0.1, -0.05) is 44.2 Å². The molecule has 0 saturated carbocycles. The predicted octanol–water partition coefficient (Wildman–Crippen LogP) is 2.34. The van der Waals surface area contributed by atoms with E-state index in [0.717, 1.165) is 31.5 Å². The Balaban J connectivity index is 2.71. The Morgan fingerprint density at radius 2 is 1.89 bits per heavy atom. The number of nitrogens with two attached hydrogens (primary N) is 1. The van der Waals surface area contributed by atoms with Crippen LogP contribution in [0.4, 0.5) is 0 Å². The molecule has 1 rings (SSSR count). The van der Waals surface area contributed by atoms with Crippen LogP contribution in [0.5, 0.6) is 0 Å². The summed E-state index contributed by atoms with van der Waals surface area (Å²) in [5, 5.41) is 9.68. The Bertz CT molecular complexity index is 355. The molecular weight excluding hydrogens is 236 g/mol. The highest BCUT2D eigenvalue weighted by Crippen LogP contribution is 2.22. The Kier molecular flexibility index (Phi) is 6.49. The molecule has 0 bridgehead atoms. The zero-order chi connectivity index (χ0) is 14.3. The van der Waals surface area contributed by atoms with Crippen LogP contribution < -0.4 is 5.73 Å². The third-order valence-electron chi connectivity index (χ3n) is 4.10. The Morgan fingerprint density at radius 1 is 1.26 bits per heavy atom. The molecule has 1 aromatic carbocycles. The largest absolute Gasteiger partial charge is 0.394 e. The highest BCUT2D eigenvalue weighted by molar-refractivity contribution is 5.24. The second-order valence-electron chi connectivity index (χ2n) is 5.32. The minimum Gasteiger partial charge on any atom is -0.394 e. The predicted molar refractivity (Wildman–Crippen MR) is 81.0 cm³/mol. The number of benzene rings is 1. The summed E-state index contributed by atoms with van der Waals surface area (Å²) in [6.45, 7) is 8.53. The Labute approximate surface area is 117 Å². The molecule has 0 fully saturated rings. The van der Waals surface area contributed by atoms with Gasteiger partial charge in [-0.3, -0.25) is 0 Å². The highest BCUT2D eigenvalue weighted by Gasteiger charge is 2.27. The van der Waals surface area contributed by atoms with E-state index in [2.05, 4.69) is 25.7 Å². The first kappa shape index (κ1) is 16.2. The lowest BCUT2D eigenvalue weighted by atomic mass is 9.88. The lowest BCUT2D eigenvalue weighted by Crippen LogP contribution is -2.45. The van der Waals surface area contributed by atoms with Crippen molar-refractivity contribution in [2.45, 2.75) is 45.2 Å². The van der Waals surface area contributed by atoms with Crippen LogP contribution in [0.2, 0.25) is 0 Å². The second-order valence-corrected chi connectivity index (χ2v) is 5.32. The molecule has 1 aromatic rings. The topological polar surface area (TPSA) is 49.5 Å². The van der Waals surface area contributed by atoms with Crippen LogP contribution in [0.25, 0.3) is 0 Å². The average molecular weight is 264 g/mol. The molecule has 3 N–H and O–H groups in total. The minimum absolute atomic E-state index is 0.0188. The summed E-state index contributed by atoms with van der Waals surface area (Å²) >= 11 is 0. The monoisotopic (exact) mass is 264 g/mol. The number of aliphatic hydroxyl groups is 1. The van der Waals surface area contributed by atoms with Crippen LogP contribution in [-0.2, 0) is 5.54 Å². The third kappa shape index (κ3) is 4.30. The standard InChI is InChI=1S/C16H28N2O/c1-4-14(3)18(5-2)12-11-16(17,13-19)15-9-7-6-8-10-15/h6-10,14,19H,4-5,11-13,17H2,1-3H3. The summed E-state index contributed by atoms with van der Waals surface area (Å²) < 4.78 is 0. The van der Waals surface area contributed by atoms with Gasteiger partial charge in [0.05, 0.1) is 12.1 Å². The number of hydrogen-bond donors (Lipinski definition) is 2. The molecular formula is C16H28N2O. The van der Waals surface area contributed by atoms with Crippen molar-refractivity contribution in [2.75, 3.05) is 19.7 Å². The van der Waals surface area contributed by atoms with Crippen molar-refractivity contribution >= 4 is 0 Å². The number of rotatable bonds is 8. The van der Waals surface area contributed by atoms with Crippen molar-refractivity contribution in [3.8, 4) is 0 Å². The summed E-state index contributed by atoms with van der Waals surface area (Å²) in [6.07, 6.45) is 1.90. The molecule has 0 heterocycles. The molecule has 0 aliphatic heterocycles. The molecule has 108 valence electrons. The van der Waals surface area contributed by atoms with E-state index >= 15 is 0 Å². The summed E-state index contributed by atoms with van der Waals surface area (Å²) in [5.41, 5.74) is 6.76. The first-order valence-electron chi connectivity index (χ1n) is 7.26. The van der Waals surface area contributed by atoms with E-state index in [9.17, 15) is 5.11 Å². The first-order valence-corrected chi connectivity index (χ1v) is 7.26. The maximum absolute atomic E-state index is 9.68. The molecule has 3 heteroatoms. The zero-order valence-electron chi connectivity index (χ0n) is 12.5. The molecule has 3 nitrogen and oxygen atoms in total. The van der Waals surface area contributed by atoms with E-state index in [0.29, 0.717) is 6.04 Å². The number of aliphatic hydroxyl groups excluding tert-OH is 1. The van der Waals surface area contributed by atoms with Gasteiger partial charge in [0.2, 0.25) is 0 Å². The summed E-state index contributed by atoms with van der Waals surface area (Å²) in [6, 6.07) is 10.5. The quantitative estimate of drug-likeness (QED) is 0.758. The van der Waals surface area contributed by atoms with Crippen molar-refractivity contribution in [1.82, 2.24) is 4.90 Å². The van der Waals surface area contributed by atoms with Gasteiger partial charge in [0.15, 0.2) is 0 Å². The Morgan fingerprint density at radius 3 is 2.37 bits per heavy atom. The van der Waals surface area contributed by atoms with Gasteiger partial charge in [-0.15, -0.1) is 0 Å². The molecule has 0 saturated heterocycles. The van der Waals surface area contributed by atoms with Crippen LogP contribution in [0.15, 0.2) is 30.3 Å². The van der Waals surface area contributed by atoms with Gasteiger partial charge in [0.1, 0.15) is 0 Å². The van der Waals surface area contributed by atoms with Gasteiger partial charge in [0, 0.05) is 12.6 Å². The van der Waals surface area contributed by atoms with Gasteiger partial charge in [-0.05, 0) is 31.9 Å². The van der Waals surface area contributed by atoms with E-state index in [1.54, 1.807) is 0 Å². The van der Waals surface area contributed by atoms with E-state index in [4.69, 9.17) is 5.73 Å². The van der Waals surface area contributed by atoms with Gasteiger partial charge < -0.3 is 15.7 Å². The smallest absolute Gasteiger partial charge is 0.0656 e. The van der Waals surface area contributed by atoms with Crippen LogP contribution in [0.3, 0.4) is 0 Å². The summed E-state index contributed by atoms with van der Waals surface area (Å²) in [7, 11) is 0. The molecule has 0 amide bonds. The zero-order valence-corrected chi connectivity index (χ0v) is 12.5. The highest BCUT2D eigenvalue weighted by atomic mass is 16.3. The fourth-order valence-electron chi connectivity index (χ4n) is 2.38. The summed E-state index contributed by atoms with van der Waals surface area (Å²) in [5.74, 6) is 0. The fraction of sp³-hybridized carbons (Fsp3) is 0.625. The molecule has 0 aliphatic carbocycles. The van der Waals surface area contributed by atoms with Gasteiger partial charge in [0.25, 0.3) is 0 Å². The van der Waals surface area contributed by atoms with Crippen LogP contribution >= 0.6 is 0 Å². The van der Waals surface area contributed by atoms with Crippen LogP contribution in [0.1, 0.15) is 39.2 Å². The van der Waals surface area contributed by atoms with Gasteiger partial charge >= 0.3 is 0 Å². The molecule has 2 unspecified atom stereocenters. The normalized spacial score (nSPS) is 16.3. The van der Waals surface area contributed by atoms with Crippen molar-refractivity contribution in [1.29, 1.82) is 0 Å². The minimum atomic E-state index is -0.637. The first-order chi connectivity index (χ1) is 9.07. The van der Waals surface area contributed by atoms with E-state index in [1.807, 2.05) is 30.3 Å². The van der Waals surface area contributed by atoms with Gasteiger partial charge in [-0.25, -0.2) is 0 Å². The molecule has 0 radical (unpaired) electrons. The van der Waals surface area contributed by atoms with Crippen molar-refractivity contribution in [3.05, 3.63) is 35.9 Å². The third-order valence-corrected chi connectivity index (χ3v) is 4.10. The SMILES string of the molecule is CCC(C)N(CC)CCC(N)(CO)c1ccccc1. The Hall–Kier alpha value is -0.900. The van der Waals surface area contributed by atoms with Crippen LogP contribution in [0, 0.1) is 0 Å². The molecule has 2 atom stereocenters. The maximum atomic E-state index is 9.68. The average Bonchev–Trinajstić information content (AvgIpc) is 2.48.